The minimum absolute atomic E-state index is 0.0560. The van der Waals surface area contributed by atoms with Gasteiger partial charge in [0.25, 0.3) is 11.8 Å². The van der Waals surface area contributed by atoms with E-state index in [1.54, 1.807) is 47.6 Å². The number of methoxy groups -OCH3 is 1. The SMILES string of the molecule is COC(=O)C(CNC(=O)CNC(=O)c1cccc(N/C(=N\C(=O)OC(C)(C)C)NC(=O)OC(C)(C)C)c1)NC(=O)c1c(Cl)cccc1Cl. The van der Waals surface area contributed by atoms with Gasteiger partial charge in [-0.15, -0.1) is 4.99 Å². The van der Waals surface area contributed by atoms with Gasteiger partial charge in [-0.25, -0.2) is 14.4 Å². The number of aliphatic imine (C=N–C) groups is 1. The van der Waals surface area contributed by atoms with Crippen LogP contribution in [0.2, 0.25) is 10.0 Å². The van der Waals surface area contributed by atoms with Gasteiger partial charge < -0.3 is 35.5 Å². The van der Waals surface area contributed by atoms with Crippen LogP contribution in [0.5, 0.6) is 0 Å². The van der Waals surface area contributed by atoms with Crippen LogP contribution in [0, 0.1) is 0 Å². The first kappa shape index (κ1) is 39.3. The number of carbonyl (C=O) groups excluding carboxylic acids is 6. The van der Waals surface area contributed by atoms with Crippen LogP contribution < -0.4 is 26.6 Å². The Hall–Kier alpha value is -4.89. The van der Waals surface area contributed by atoms with Crippen molar-refractivity contribution in [1.82, 2.24) is 21.3 Å². The van der Waals surface area contributed by atoms with Crippen LogP contribution in [-0.4, -0.2) is 79.3 Å². The van der Waals surface area contributed by atoms with Gasteiger partial charge in [-0.3, -0.25) is 19.7 Å². The number of guanidine groups is 1. The van der Waals surface area contributed by atoms with Gasteiger partial charge in [0.15, 0.2) is 0 Å². The summed E-state index contributed by atoms with van der Waals surface area (Å²) in [5.74, 6) is -3.30. The van der Waals surface area contributed by atoms with Gasteiger partial charge in [-0.2, -0.15) is 0 Å². The Balaban J connectivity index is 2.06. The molecule has 15 nitrogen and oxygen atoms in total. The maximum Gasteiger partial charge on any atom is 0.437 e. The highest BCUT2D eigenvalue weighted by Crippen LogP contribution is 2.24. The Morgan fingerprint density at radius 2 is 1.44 bits per heavy atom. The van der Waals surface area contributed by atoms with Crippen LogP contribution in [0.15, 0.2) is 47.5 Å². The van der Waals surface area contributed by atoms with Crippen molar-refractivity contribution < 1.29 is 43.0 Å². The van der Waals surface area contributed by atoms with E-state index in [9.17, 15) is 28.8 Å². The number of hydrogen-bond donors (Lipinski definition) is 5. The number of rotatable bonds is 9. The quantitative estimate of drug-likeness (QED) is 0.109. The standard InChI is InChI=1S/C31H38Cl2N6O9/c1-30(2,3)47-28(44)38-27(39-29(45)48-31(4,5)6)36-18-11-8-10-17(14-18)24(41)35-16-22(40)34-15-21(26(43)46-7)37-25(42)23-19(32)12-9-13-20(23)33/h8-14,21H,15-16H2,1-7H3,(H,34,40)(H,35,41)(H,37,42)(H2,36,38,39,44,45). The molecule has 2 aromatic carbocycles. The number of carbonyl (C=O) groups is 6. The predicted octanol–water partition coefficient (Wildman–Crippen LogP) is 4.04. The normalized spacial score (nSPS) is 12.1. The van der Waals surface area contributed by atoms with Crippen LogP contribution in [0.25, 0.3) is 0 Å². The average Bonchev–Trinajstić information content (AvgIpc) is 2.95. The molecule has 0 aliphatic rings. The molecular weight excluding hydrogens is 671 g/mol. The molecule has 17 heteroatoms. The lowest BCUT2D eigenvalue weighted by atomic mass is 10.2. The summed E-state index contributed by atoms with van der Waals surface area (Å²) in [6, 6.07) is 9.00. The molecule has 260 valence electrons. The molecule has 2 rings (SSSR count). The second kappa shape index (κ2) is 17.3. The molecule has 0 fully saturated rings. The molecule has 0 heterocycles. The lowest BCUT2D eigenvalue weighted by Crippen LogP contribution is -2.50. The number of anilines is 1. The first-order valence-electron chi connectivity index (χ1n) is 14.3. The lowest BCUT2D eigenvalue weighted by molar-refractivity contribution is -0.142. The third kappa shape index (κ3) is 13.8. The largest absolute Gasteiger partial charge is 0.467 e. The Morgan fingerprint density at radius 1 is 0.833 bits per heavy atom. The highest BCUT2D eigenvalue weighted by Gasteiger charge is 2.25. The van der Waals surface area contributed by atoms with Gasteiger partial charge in [0.05, 0.1) is 29.3 Å². The monoisotopic (exact) mass is 708 g/mol. The summed E-state index contributed by atoms with van der Waals surface area (Å²) in [6.07, 6.45) is -1.90. The first-order valence-corrected chi connectivity index (χ1v) is 15.1. The van der Waals surface area contributed by atoms with Crippen molar-refractivity contribution in [3.05, 3.63) is 63.6 Å². The van der Waals surface area contributed by atoms with E-state index in [4.69, 9.17) is 37.4 Å². The number of ether oxygens (including phenoxy) is 3. The maximum atomic E-state index is 12.8. The van der Waals surface area contributed by atoms with Gasteiger partial charge in [-0.05, 0) is 71.9 Å². The van der Waals surface area contributed by atoms with E-state index >= 15 is 0 Å². The smallest absolute Gasteiger partial charge is 0.437 e. The van der Waals surface area contributed by atoms with E-state index in [1.807, 2.05) is 0 Å². The highest BCUT2D eigenvalue weighted by atomic mass is 35.5. The van der Waals surface area contributed by atoms with Crippen molar-refractivity contribution >= 4 is 70.7 Å². The fraction of sp³-hybridized carbons (Fsp3) is 0.387. The zero-order valence-electron chi connectivity index (χ0n) is 27.4. The van der Waals surface area contributed by atoms with Gasteiger partial charge in [0, 0.05) is 17.8 Å². The number of halogens is 2. The van der Waals surface area contributed by atoms with E-state index in [2.05, 4.69) is 31.6 Å². The fourth-order valence-corrected chi connectivity index (χ4v) is 4.13. The third-order valence-electron chi connectivity index (χ3n) is 5.50. The zero-order valence-corrected chi connectivity index (χ0v) is 28.9. The molecule has 0 spiro atoms. The van der Waals surface area contributed by atoms with Crippen LogP contribution in [-0.2, 0) is 23.8 Å². The molecule has 48 heavy (non-hydrogen) atoms. The molecule has 0 aromatic heterocycles. The maximum absolute atomic E-state index is 12.8. The number of benzene rings is 2. The Labute approximate surface area is 287 Å². The summed E-state index contributed by atoms with van der Waals surface area (Å²) in [5, 5.41) is 12.5. The van der Waals surface area contributed by atoms with Crippen LogP contribution in [0.3, 0.4) is 0 Å². The van der Waals surface area contributed by atoms with Crippen molar-refractivity contribution in [3.63, 3.8) is 0 Å². The summed E-state index contributed by atoms with van der Waals surface area (Å²) in [5.41, 5.74) is -1.43. The predicted molar refractivity (Wildman–Crippen MR) is 178 cm³/mol. The Bertz CT molecular complexity index is 1550. The molecule has 0 bridgehead atoms. The molecule has 1 unspecified atom stereocenters. The average molecular weight is 710 g/mol. The summed E-state index contributed by atoms with van der Waals surface area (Å²) in [7, 11) is 1.11. The van der Waals surface area contributed by atoms with Crippen molar-refractivity contribution in [2.24, 2.45) is 4.99 Å². The topological polar surface area (TPSA) is 203 Å². The third-order valence-corrected chi connectivity index (χ3v) is 6.13. The van der Waals surface area contributed by atoms with Gasteiger partial charge in [-0.1, -0.05) is 35.3 Å². The minimum Gasteiger partial charge on any atom is -0.467 e. The Morgan fingerprint density at radius 3 is 2.02 bits per heavy atom. The van der Waals surface area contributed by atoms with Gasteiger partial charge in [0.1, 0.15) is 17.2 Å². The van der Waals surface area contributed by atoms with Crippen molar-refractivity contribution in [1.29, 1.82) is 0 Å². The van der Waals surface area contributed by atoms with E-state index in [0.29, 0.717) is 0 Å². The van der Waals surface area contributed by atoms with Gasteiger partial charge >= 0.3 is 18.2 Å². The minimum atomic E-state index is -1.30. The summed E-state index contributed by atoms with van der Waals surface area (Å²) < 4.78 is 15.1. The molecule has 0 radical (unpaired) electrons. The van der Waals surface area contributed by atoms with Crippen LogP contribution in [0.1, 0.15) is 62.3 Å². The van der Waals surface area contributed by atoms with Gasteiger partial charge in [0.2, 0.25) is 11.9 Å². The summed E-state index contributed by atoms with van der Waals surface area (Å²) >= 11 is 12.1. The summed E-state index contributed by atoms with van der Waals surface area (Å²) in [4.78, 5) is 78.8. The van der Waals surface area contributed by atoms with Crippen molar-refractivity contribution in [3.8, 4) is 0 Å². The fourth-order valence-electron chi connectivity index (χ4n) is 3.56. The van der Waals surface area contributed by atoms with Crippen molar-refractivity contribution in [2.75, 3.05) is 25.5 Å². The summed E-state index contributed by atoms with van der Waals surface area (Å²) in [6.45, 7) is 9.02. The number of nitrogens with zero attached hydrogens (tertiary/aromatic N) is 1. The molecule has 2 aromatic rings. The Kier molecular flexibility index (Phi) is 14.2. The van der Waals surface area contributed by atoms with Crippen LogP contribution in [0.4, 0.5) is 15.3 Å². The number of alkyl carbamates (subject to hydrolysis) is 1. The first-order chi connectivity index (χ1) is 22.3. The van der Waals surface area contributed by atoms with Crippen molar-refractivity contribution in [2.45, 2.75) is 58.8 Å². The van der Waals surface area contributed by atoms with E-state index < -0.39 is 59.7 Å². The van der Waals surface area contributed by atoms with Crippen LogP contribution >= 0.6 is 23.2 Å². The zero-order chi connectivity index (χ0) is 36.2. The molecule has 0 saturated carbocycles. The molecule has 0 aliphatic heterocycles. The second-order valence-corrected chi connectivity index (χ2v) is 12.7. The molecular formula is C31H38Cl2N6O9. The number of hydrogen-bond acceptors (Lipinski definition) is 9. The molecule has 5 amide bonds. The molecule has 1 atom stereocenters. The number of amides is 5. The molecule has 5 N–H and O–H groups in total. The number of esters is 1. The highest BCUT2D eigenvalue weighted by molar-refractivity contribution is 6.39. The molecule has 0 aliphatic carbocycles. The van der Waals surface area contributed by atoms with E-state index in [0.717, 1.165) is 7.11 Å². The molecule has 0 saturated heterocycles. The van der Waals surface area contributed by atoms with E-state index in [-0.39, 0.29) is 39.4 Å². The second-order valence-electron chi connectivity index (χ2n) is 11.9. The van der Waals surface area contributed by atoms with E-state index in [1.165, 1.54) is 36.4 Å². The lowest BCUT2D eigenvalue weighted by Gasteiger charge is -2.21. The number of nitrogens with one attached hydrogen (secondary N) is 5.